The predicted octanol–water partition coefficient (Wildman–Crippen LogP) is 0.336. The summed E-state index contributed by atoms with van der Waals surface area (Å²) in [5.74, 6) is 0.661. The van der Waals surface area contributed by atoms with Crippen LogP contribution < -0.4 is 0 Å². The minimum absolute atomic E-state index is 0.247. The average molecular weight is 266 g/mol. The standard InChI is InChI=1S/C13H22N4O2/c1-16(10-12-3-4-14-15-12)8-11-7-13(18)17(9-11)5-6-19-2/h3-4,11H,5-10H2,1-2H3,(H,14,15)/t11-/m1/s1. The van der Waals surface area contributed by atoms with Gasteiger partial charge in [-0.2, -0.15) is 5.10 Å². The molecular weight excluding hydrogens is 244 g/mol. The lowest BCUT2D eigenvalue weighted by atomic mass is 10.1. The predicted molar refractivity (Wildman–Crippen MR) is 71.5 cm³/mol. The molecule has 2 rings (SSSR count). The highest BCUT2D eigenvalue weighted by Crippen LogP contribution is 2.18. The van der Waals surface area contributed by atoms with Crippen molar-refractivity contribution in [3.63, 3.8) is 0 Å². The first kappa shape index (κ1) is 14.0. The maximum atomic E-state index is 11.8. The lowest BCUT2D eigenvalue weighted by Gasteiger charge is -2.20. The van der Waals surface area contributed by atoms with Crippen LogP contribution in [-0.4, -0.2) is 66.3 Å². The fraction of sp³-hybridized carbons (Fsp3) is 0.692. The third-order valence-corrected chi connectivity index (χ3v) is 3.43. The number of hydrogen-bond donors (Lipinski definition) is 1. The van der Waals surface area contributed by atoms with Crippen LogP contribution in [0.25, 0.3) is 0 Å². The number of nitrogens with zero attached hydrogens (tertiary/aromatic N) is 3. The molecule has 1 fully saturated rings. The average Bonchev–Trinajstić information content (AvgIpc) is 2.97. The van der Waals surface area contributed by atoms with E-state index in [0.717, 1.165) is 25.3 Å². The summed E-state index contributed by atoms with van der Waals surface area (Å²) >= 11 is 0. The number of aromatic amines is 1. The highest BCUT2D eigenvalue weighted by Gasteiger charge is 2.29. The Morgan fingerprint density at radius 3 is 3.16 bits per heavy atom. The molecule has 1 aliphatic heterocycles. The Hall–Kier alpha value is -1.40. The largest absolute Gasteiger partial charge is 0.383 e. The molecular formula is C13H22N4O2. The molecule has 1 aromatic heterocycles. The van der Waals surface area contributed by atoms with E-state index in [9.17, 15) is 4.79 Å². The van der Waals surface area contributed by atoms with Crippen LogP contribution in [0.4, 0.5) is 0 Å². The number of aromatic nitrogens is 2. The molecule has 1 saturated heterocycles. The van der Waals surface area contributed by atoms with E-state index in [0.29, 0.717) is 25.5 Å². The molecule has 19 heavy (non-hydrogen) atoms. The summed E-state index contributed by atoms with van der Waals surface area (Å²) in [4.78, 5) is 16.0. The normalized spacial score (nSPS) is 19.6. The van der Waals surface area contributed by atoms with Crippen LogP contribution in [-0.2, 0) is 16.1 Å². The number of nitrogens with one attached hydrogen (secondary N) is 1. The quantitative estimate of drug-likeness (QED) is 0.773. The zero-order chi connectivity index (χ0) is 13.7. The second-order valence-electron chi connectivity index (χ2n) is 5.18. The summed E-state index contributed by atoms with van der Waals surface area (Å²) in [6.45, 7) is 3.92. The Balaban J connectivity index is 1.75. The highest BCUT2D eigenvalue weighted by molar-refractivity contribution is 5.78. The number of carbonyl (C=O) groups is 1. The van der Waals surface area contributed by atoms with Crippen LogP contribution in [0.5, 0.6) is 0 Å². The number of amides is 1. The fourth-order valence-electron chi connectivity index (χ4n) is 2.56. The maximum absolute atomic E-state index is 11.8. The molecule has 1 atom stereocenters. The molecule has 1 aliphatic rings. The molecule has 0 aliphatic carbocycles. The van der Waals surface area contributed by atoms with Gasteiger partial charge in [0.15, 0.2) is 0 Å². The molecule has 6 nitrogen and oxygen atoms in total. The Morgan fingerprint density at radius 2 is 2.47 bits per heavy atom. The number of rotatable bonds is 7. The Bertz CT molecular complexity index is 393. The van der Waals surface area contributed by atoms with Crippen molar-refractivity contribution in [1.29, 1.82) is 0 Å². The maximum Gasteiger partial charge on any atom is 0.223 e. The molecule has 2 heterocycles. The first-order chi connectivity index (χ1) is 9.19. The third-order valence-electron chi connectivity index (χ3n) is 3.43. The van der Waals surface area contributed by atoms with Crippen LogP contribution in [0.2, 0.25) is 0 Å². The van der Waals surface area contributed by atoms with Crippen LogP contribution in [0.3, 0.4) is 0 Å². The minimum Gasteiger partial charge on any atom is -0.383 e. The van der Waals surface area contributed by atoms with E-state index in [1.165, 1.54) is 0 Å². The van der Waals surface area contributed by atoms with Gasteiger partial charge in [-0.3, -0.25) is 9.89 Å². The van der Waals surface area contributed by atoms with Gasteiger partial charge in [-0.15, -0.1) is 0 Å². The third kappa shape index (κ3) is 4.04. The van der Waals surface area contributed by atoms with Crippen molar-refractivity contribution in [2.24, 2.45) is 5.92 Å². The van der Waals surface area contributed by atoms with E-state index in [4.69, 9.17) is 4.74 Å². The second kappa shape index (κ2) is 6.68. The van der Waals surface area contributed by atoms with E-state index < -0.39 is 0 Å². The smallest absolute Gasteiger partial charge is 0.223 e. The summed E-state index contributed by atoms with van der Waals surface area (Å²) in [7, 11) is 3.74. The lowest BCUT2D eigenvalue weighted by Crippen LogP contribution is -2.31. The molecule has 106 valence electrons. The van der Waals surface area contributed by atoms with Crippen molar-refractivity contribution in [2.75, 3.05) is 40.4 Å². The molecule has 0 spiro atoms. The number of hydrogen-bond acceptors (Lipinski definition) is 4. The summed E-state index contributed by atoms with van der Waals surface area (Å²) < 4.78 is 5.02. The van der Waals surface area contributed by atoms with Crippen LogP contribution >= 0.6 is 0 Å². The van der Waals surface area contributed by atoms with Gasteiger partial charge in [0.2, 0.25) is 5.91 Å². The van der Waals surface area contributed by atoms with Gasteiger partial charge in [-0.05, 0) is 19.0 Å². The fourth-order valence-corrected chi connectivity index (χ4v) is 2.56. The van der Waals surface area contributed by atoms with Gasteiger partial charge in [-0.1, -0.05) is 0 Å². The van der Waals surface area contributed by atoms with Crippen molar-refractivity contribution in [3.8, 4) is 0 Å². The number of H-pyrrole nitrogens is 1. The van der Waals surface area contributed by atoms with E-state index in [1.807, 2.05) is 11.0 Å². The molecule has 0 aromatic carbocycles. The van der Waals surface area contributed by atoms with Gasteiger partial charge in [0.25, 0.3) is 0 Å². The summed E-state index contributed by atoms with van der Waals surface area (Å²) in [6, 6.07) is 1.97. The number of methoxy groups -OCH3 is 1. The number of likely N-dealkylation sites (tertiary alicyclic amines) is 1. The molecule has 1 N–H and O–H groups in total. The van der Waals surface area contributed by atoms with Crippen LogP contribution in [0, 0.1) is 5.92 Å². The molecule has 6 heteroatoms. The van der Waals surface area contributed by atoms with Crippen molar-refractivity contribution in [1.82, 2.24) is 20.0 Å². The van der Waals surface area contributed by atoms with Crippen molar-refractivity contribution >= 4 is 5.91 Å². The molecule has 0 bridgehead atoms. The molecule has 0 radical (unpaired) electrons. The van der Waals surface area contributed by atoms with E-state index >= 15 is 0 Å². The van der Waals surface area contributed by atoms with E-state index in [2.05, 4.69) is 22.1 Å². The van der Waals surface area contributed by atoms with Gasteiger partial charge in [-0.25, -0.2) is 0 Å². The zero-order valence-corrected chi connectivity index (χ0v) is 11.6. The number of carbonyl (C=O) groups excluding carboxylic acids is 1. The van der Waals surface area contributed by atoms with Crippen molar-refractivity contribution in [2.45, 2.75) is 13.0 Å². The van der Waals surface area contributed by atoms with Gasteiger partial charge >= 0.3 is 0 Å². The van der Waals surface area contributed by atoms with Crippen LogP contribution in [0.1, 0.15) is 12.1 Å². The first-order valence-electron chi connectivity index (χ1n) is 6.62. The number of ether oxygens (including phenoxy) is 1. The van der Waals surface area contributed by atoms with Gasteiger partial charge in [0, 0.05) is 51.6 Å². The summed E-state index contributed by atoms with van der Waals surface area (Å²) in [6.07, 6.45) is 2.41. The monoisotopic (exact) mass is 266 g/mol. The molecule has 1 amide bonds. The first-order valence-corrected chi connectivity index (χ1v) is 6.62. The van der Waals surface area contributed by atoms with Gasteiger partial charge in [0.1, 0.15) is 0 Å². The molecule has 0 saturated carbocycles. The van der Waals surface area contributed by atoms with Crippen molar-refractivity contribution in [3.05, 3.63) is 18.0 Å². The lowest BCUT2D eigenvalue weighted by molar-refractivity contribution is -0.128. The molecule has 0 unspecified atom stereocenters. The van der Waals surface area contributed by atoms with E-state index in [1.54, 1.807) is 13.3 Å². The van der Waals surface area contributed by atoms with Gasteiger partial charge < -0.3 is 14.5 Å². The Kier molecular flexibility index (Phi) is 4.93. The SMILES string of the molecule is COCCN1C[C@@H](CN(C)Cc2ccn[nH]2)CC1=O. The highest BCUT2D eigenvalue weighted by atomic mass is 16.5. The molecule has 1 aromatic rings. The Labute approximate surface area is 113 Å². The van der Waals surface area contributed by atoms with E-state index in [-0.39, 0.29) is 5.91 Å². The second-order valence-corrected chi connectivity index (χ2v) is 5.18. The Morgan fingerprint density at radius 1 is 1.63 bits per heavy atom. The zero-order valence-electron chi connectivity index (χ0n) is 11.6. The minimum atomic E-state index is 0.247. The topological polar surface area (TPSA) is 61.5 Å². The summed E-state index contributed by atoms with van der Waals surface area (Å²) in [5, 5.41) is 6.89. The summed E-state index contributed by atoms with van der Waals surface area (Å²) in [5.41, 5.74) is 1.10. The van der Waals surface area contributed by atoms with Crippen molar-refractivity contribution < 1.29 is 9.53 Å². The van der Waals surface area contributed by atoms with Gasteiger partial charge in [0.05, 0.1) is 6.61 Å². The van der Waals surface area contributed by atoms with Crippen LogP contribution in [0.15, 0.2) is 12.3 Å².